The number of rotatable bonds is 3. The molecule has 0 unspecified atom stereocenters. The van der Waals surface area contributed by atoms with E-state index in [1.807, 2.05) is 13.0 Å². The topological polar surface area (TPSA) is 101 Å². The van der Waals surface area contributed by atoms with E-state index in [1.54, 1.807) is 18.2 Å². The molecule has 0 aliphatic carbocycles. The van der Waals surface area contributed by atoms with E-state index < -0.39 is 4.92 Å². The third-order valence-corrected chi connectivity index (χ3v) is 2.58. The molecular formula is C13H13N3O3. The van der Waals surface area contributed by atoms with Crippen LogP contribution in [0.3, 0.4) is 0 Å². The maximum Gasteiger partial charge on any atom is 0.292 e. The standard InChI is InChI=1S/C13H13N3O3/c1-8-4-10(6-11(17)5-8)15-9-2-3-13(16(18)19)12(14)7-9/h2-7,15,17H,14H2,1H3. The van der Waals surface area contributed by atoms with Crippen LogP contribution < -0.4 is 11.1 Å². The van der Waals surface area contributed by atoms with Gasteiger partial charge < -0.3 is 16.2 Å². The van der Waals surface area contributed by atoms with E-state index in [4.69, 9.17) is 5.73 Å². The van der Waals surface area contributed by atoms with Gasteiger partial charge in [-0.1, -0.05) is 0 Å². The monoisotopic (exact) mass is 259 g/mol. The number of nitro groups is 1. The fourth-order valence-corrected chi connectivity index (χ4v) is 1.80. The zero-order valence-corrected chi connectivity index (χ0v) is 10.3. The molecule has 0 spiro atoms. The van der Waals surface area contributed by atoms with Crippen molar-refractivity contribution in [3.05, 3.63) is 52.1 Å². The lowest BCUT2D eigenvalue weighted by Crippen LogP contribution is -1.97. The number of aromatic hydroxyl groups is 1. The third kappa shape index (κ3) is 2.92. The molecule has 19 heavy (non-hydrogen) atoms. The van der Waals surface area contributed by atoms with Gasteiger partial charge in [0.2, 0.25) is 0 Å². The quantitative estimate of drug-likeness (QED) is 0.447. The van der Waals surface area contributed by atoms with E-state index in [2.05, 4.69) is 5.32 Å². The largest absolute Gasteiger partial charge is 0.508 e. The third-order valence-electron chi connectivity index (χ3n) is 2.58. The van der Waals surface area contributed by atoms with Crippen LogP contribution in [0.4, 0.5) is 22.7 Å². The average Bonchev–Trinajstić information content (AvgIpc) is 2.26. The Morgan fingerprint density at radius 2 is 1.95 bits per heavy atom. The first-order valence-corrected chi connectivity index (χ1v) is 5.57. The summed E-state index contributed by atoms with van der Waals surface area (Å²) in [5.41, 5.74) is 7.77. The van der Waals surface area contributed by atoms with Crippen molar-refractivity contribution in [1.29, 1.82) is 0 Å². The van der Waals surface area contributed by atoms with Gasteiger partial charge in [-0.3, -0.25) is 10.1 Å². The molecule has 0 aliphatic heterocycles. The Morgan fingerprint density at radius 1 is 1.21 bits per heavy atom. The average molecular weight is 259 g/mol. The molecule has 0 saturated carbocycles. The number of nitrogens with two attached hydrogens (primary N) is 1. The van der Waals surface area contributed by atoms with Gasteiger partial charge in [-0.15, -0.1) is 0 Å². The number of nitrogens with one attached hydrogen (secondary N) is 1. The van der Waals surface area contributed by atoms with Gasteiger partial charge in [-0.2, -0.15) is 0 Å². The molecule has 98 valence electrons. The second-order valence-electron chi connectivity index (χ2n) is 4.21. The summed E-state index contributed by atoms with van der Waals surface area (Å²) in [6.45, 7) is 1.86. The lowest BCUT2D eigenvalue weighted by atomic mass is 10.2. The highest BCUT2D eigenvalue weighted by molar-refractivity contribution is 5.70. The van der Waals surface area contributed by atoms with Crippen molar-refractivity contribution >= 4 is 22.7 Å². The van der Waals surface area contributed by atoms with E-state index in [0.29, 0.717) is 11.4 Å². The van der Waals surface area contributed by atoms with Gasteiger partial charge in [0.05, 0.1) is 4.92 Å². The molecule has 0 fully saturated rings. The van der Waals surface area contributed by atoms with Crippen LogP contribution in [0.2, 0.25) is 0 Å². The summed E-state index contributed by atoms with van der Waals surface area (Å²) in [5.74, 6) is 0.150. The first kappa shape index (κ1) is 12.7. The summed E-state index contributed by atoms with van der Waals surface area (Å²) in [6, 6.07) is 9.43. The SMILES string of the molecule is Cc1cc(O)cc(Nc2ccc([N+](=O)[O-])c(N)c2)c1. The number of hydrogen-bond donors (Lipinski definition) is 3. The predicted molar refractivity (Wildman–Crippen MR) is 73.6 cm³/mol. The highest BCUT2D eigenvalue weighted by Gasteiger charge is 2.11. The van der Waals surface area contributed by atoms with Crippen molar-refractivity contribution in [2.75, 3.05) is 11.1 Å². The lowest BCUT2D eigenvalue weighted by molar-refractivity contribution is -0.383. The lowest BCUT2D eigenvalue weighted by Gasteiger charge is -2.09. The van der Waals surface area contributed by atoms with Gasteiger partial charge in [0.15, 0.2) is 0 Å². The molecule has 4 N–H and O–H groups in total. The first-order valence-electron chi connectivity index (χ1n) is 5.57. The van der Waals surface area contributed by atoms with Crippen molar-refractivity contribution in [2.24, 2.45) is 0 Å². The molecule has 0 aromatic heterocycles. The highest BCUT2D eigenvalue weighted by Crippen LogP contribution is 2.28. The second kappa shape index (κ2) is 4.85. The number of hydrogen-bond acceptors (Lipinski definition) is 5. The maximum atomic E-state index is 10.7. The van der Waals surface area contributed by atoms with Crippen molar-refractivity contribution in [3.63, 3.8) is 0 Å². The highest BCUT2D eigenvalue weighted by atomic mass is 16.6. The van der Waals surface area contributed by atoms with E-state index >= 15 is 0 Å². The maximum absolute atomic E-state index is 10.7. The predicted octanol–water partition coefficient (Wildman–Crippen LogP) is 2.93. The fraction of sp³-hybridized carbons (Fsp3) is 0.0769. The van der Waals surface area contributed by atoms with Crippen molar-refractivity contribution < 1.29 is 10.0 Å². The molecule has 2 aromatic carbocycles. The second-order valence-corrected chi connectivity index (χ2v) is 4.21. The van der Waals surface area contributed by atoms with Crippen LogP contribution in [0.1, 0.15) is 5.56 Å². The smallest absolute Gasteiger partial charge is 0.292 e. The van der Waals surface area contributed by atoms with Crippen LogP contribution in [0, 0.1) is 17.0 Å². The Labute approximate surface area is 109 Å². The van der Waals surface area contributed by atoms with Gasteiger partial charge in [-0.25, -0.2) is 0 Å². The van der Waals surface area contributed by atoms with Crippen LogP contribution in [0.25, 0.3) is 0 Å². The fourth-order valence-electron chi connectivity index (χ4n) is 1.80. The minimum atomic E-state index is -0.530. The van der Waals surface area contributed by atoms with Crippen molar-refractivity contribution in [3.8, 4) is 5.75 Å². The summed E-state index contributed by atoms with van der Waals surface area (Å²) >= 11 is 0. The molecule has 0 heterocycles. The van der Waals surface area contributed by atoms with E-state index in [0.717, 1.165) is 5.56 Å². The normalized spacial score (nSPS) is 10.2. The van der Waals surface area contributed by atoms with E-state index in [9.17, 15) is 15.2 Å². The Morgan fingerprint density at radius 3 is 2.53 bits per heavy atom. The van der Waals surface area contributed by atoms with Crippen molar-refractivity contribution in [1.82, 2.24) is 0 Å². The van der Waals surface area contributed by atoms with Crippen molar-refractivity contribution in [2.45, 2.75) is 6.92 Å². The zero-order valence-electron chi connectivity index (χ0n) is 10.3. The summed E-state index contributed by atoms with van der Waals surface area (Å²) in [7, 11) is 0. The summed E-state index contributed by atoms with van der Waals surface area (Å²) in [5, 5.41) is 23.2. The van der Waals surface area contributed by atoms with Crippen LogP contribution >= 0.6 is 0 Å². The van der Waals surface area contributed by atoms with Crippen LogP contribution in [-0.4, -0.2) is 10.0 Å². The van der Waals surface area contributed by atoms with Gasteiger partial charge >= 0.3 is 0 Å². The van der Waals surface area contributed by atoms with Gasteiger partial charge in [-0.05, 0) is 36.8 Å². The Bertz CT molecular complexity index is 621. The molecule has 0 bridgehead atoms. The first-order chi connectivity index (χ1) is 8.95. The molecule has 2 aromatic rings. The number of anilines is 3. The van der Waals surface area contributed by atoms with E-state index in [1.165, 1.54) is 12.1 Å². The number of aryl methyl sites for hydroxylation is 1. The zero-order chi connectivity index (χ0) is 14.0. The number of nitrogens with zero attached hydrogens (tertiary/aromatic N) is 1. The molecular weight excluding hydrogens is 246 g/mol. The Balaban J connectivity index is 2.28. The number of benzene rings is 2. The summed E-state index contributed by atoms with van der Waals surface area (Å²) < 4.78 is 0. The molecule has 6 heteroatoms. The molecule has 0 amide bonds. The molecule has 0 saturated heterocycles. The van der Waals surface area contributed by atoms with E-state index in [-0.39, 0.29) is 17.1 Å². The molecule has 0 radical (unpaired) electrons. The van der Waals surface area contributed by atoms with Crippen LogP contribution in [-0.2, 0) is 0 Å². The molecule has 2 rings (SSSR count). The van der Waals surface area contributed by atoms with Crippen LogP contribution in [0.5, 0.6) is 5.75 Å². The summed E-state index contributed by atoms with van der Waals surface area (Å²) in [6.07, 6.45) is 0. The van der Waals surface area contributed by atoms with Gasteiger partial charge in [0, 0.05) is 23.5 Å². The summed E-state index contributed by atoms with van der Waals surface area (Å²) in [4.78, 5) is 10.1. The number of phenols is 1. The van der Waals surface area contributed by atoms with Gasteiger partial charge in [0.1, 0.15) is 11.4 Å². The minimum Gasteiger partial charge on any atom is -0.508 e. The molecule has 6 nitrogen and oxygen atoms in total. The Kier molecular flexibility index (Phi) is 3.24. The number of nitrogen functional groups attached to an aromatic ring is 1. The van der Waals surface area contributed by atoms with Crippen LogP contribution in [0.15, 0.2) is 36.4 Å². The minimum absolute atomic E-state index is 0.0897. The van der Waals surface area contributed by atoms with Gasteiger partial charge in [0.25, 0.3) is 5.69 Å². The Hall–Kier alpha value is -2.76. The number of nitro benzene ring substituents is 1. The molecule has 0 atom stereocenters. The molecule has 0 aliphatic rings. The number of phenolic OH excluding ortho intramolecular Hbond substituents is 1.